The molecule has 0 bridgehead atoms. The summed E-state index contributed by atoms with van der Waals surface area (Å²) >= 11 is 5.96. The number of aromatic nitrogens is 1. The molecular formula is C15H16ClN3O3S. The smallest absolute Gasteiger partial charge is 0.256 e. The van der Waals surface area contributed by atoms with Crippen LogP contribution in [0.15, 0.2) is 41.4 Å². The Morgan fingerprint density at radius 3 is 2.48 bits per heavy atom. The molecule has 2 rings (SSSR count). The number of nitrogens with zero attached hydrogens (tertiary/aromatic N) is 2. The van der Waals surface area contributed by atoms with Gasteiger partial charge in [-0.05, 0) is 36.8 Å². The minimum Gasteiger partial charge on any atom is -0.307 e. The van der Waals surface area contributed by atoms with Crippen LogP contribution in [0.5, 0.6) is 0 Å². The number of amides is 1. The number of halogens is 1. The lowest BCUT2D eigenvalue weighted by Crippen LogP contribution is -2.23. The number of sulfonamides is 1. The molecule has 8 heteroatoms. The molecule has 0 unspecified atom stereocenters. The zero-order valence-corrected chi connectivity index (χ0v) is 14.4. The van der Waals surface area contributed by atoms with Crippen LogP contribution in [-0.4, -0.2) is 37.7 Å². The number of aryl methyl sites for hydroxylation is 1. The fraction of sp³-hybridized carbons (Fsp3) is 0.200. The Morgan fingerprint density at radius 1 is 1.22 bits per heavy atom. The molecule has 0 spiro atoms. The minimum atomic E-state index is -3.74. The zero-order valence-electron chi connectivity index (χ0n) is 12.9. The minimum absolute atomic E-state index is 0.0590. The maximum Gasteiger partial charge on any atom is 0.256 e. The van der Waals surface area contributed by atoms with Crippen molar-refractivity contribution >= 4 is 33.3 Å². The standard InChI is InChI=1S/C15H16ClN3O3S/c1-10-4-7-14(17-9-10)18-15(20)11-5-6-12(16)13(8-11)23(21,22)19(2)3/h4-9H,1-3H3,(H,17,18,20). The quantitative estimate of drug-likeness (QED) is 0.916. The summed E-state index contributed by atoms with van der Waals surface area (Å²) in [4.78, 5) is 16.2. The van der Waals surface area contributed by atoms with Gasteiger partial charge < -0.3 is 5.32 Å². The Labute approximate surface area is 140 Å². The summed E-state index contributed by atoms with van der Waals surface area (Å²) in [6, 6.07) is 7.57. The van der Waals surface area contributed by atoms with Gasteiger partial charge in [-0.15, -0.1) is 0 Å². The molecule has 6 nitrogen and oxygen atoms in total. The third-order valence-electron chi connectivity index (χ3n) is 3.10. The monoisotopic (exact) mass is 353 g/mol. The number of pyridine rings is 1. The number of rotatable bonds is 4. The molecule has 0 aliphatic heterocycles. The van der Waals surface area contributed by atoms with Gasteiger partial charge in [-0.25, -0.2) is 17.7 Å². The lowest BCUT2D eigenvalue weighted by molar-refractivity contribution is 0.102. The van der Waals surface area contributed by atoms with Crippen molar-refractivity contribution in [1.82, 2.24) is 9.29 Å². The molecule has 0 atom stereocenters. The molecule has 0 aliphatic carbocycles. The van der Waals surface area contributed by atoms with E-state index >= 15 is 0 Å². The molecule has 0 radical (unpaired) electrons. The van der Waals surface area contributed by atoms with Gasteiger partial charge in [0.05, 0.1) is 5.02 Å². The van der Waals surface area contributed by atoms with Crippen LogP contribution in [0.4, 0.5) is 5.82 Å². The average Bonchev–Trinajstić information content (AvgIpc) is 2.49. The van der Waals surface area contributed by atoms with Crippen molar-refractivity contribution in [2.75, 3.05) is 19.4 Å². The second kappa shape index (κ2) is 6.66. The number of hydrogen-bond donors (Lipinski definition) is 1. The first-order chi connectivity index (χ1) is 10.7. The van der Waals surface area contributed by atoms with Crippen molar-refractivity contribution in [2.45, 2.75) is 11.8 Å². The van der Waals surface area contributed by atoms with Crippen LogP contribution < -0.4 is 5.32 Å². The summed E-state index contributed by atoms with van der Waals surface area (Å²) in [6.07, 6.45) is 1.62. The van der Waals surface area contributed by atoms with Gasteiger partial charge in [0.15, 0.2) is 0 Å². The van der Waals surface area contributed by atoms with Crippen LogP contribution in [-0.2, 0) is 10.0 Å². The van der Waals surface area contributed by atoms with Gasteiger partial charge >= 0.3 is 0 Å². The van der Waals surface area contributed by atoms with Gasteiger partial charge in [0.2, 0.25) is 10.0 Å². The van der Waals surface area contributed by atoms with E-state index in [0.29, 0.717) is 5.82 Å². The molecule has 1 amide bonds. The van der Waals surface area contributed by atoms with Gasteiger partial charge in [-0.1, -0.05) is 17.7 Å². The Bertz CT molecular complexity index is 834. The van der Waals surface area contributed by atoms with Crippen LogP contribution >= 0.6 is 11.6 Å². The van der Waals surface area contributed by atoms with Crippen LogP contribution in [0.2, 0.25) is 5.02 Å². The maximum absolute atomic E-state index is 12.3. The SMILES string of the molecule is Cc1ccc(NC(=O)c2ccc(Cl)c(S(=O)(=O)N(C)C)c2)nc1. The Hall–Kier alpha value is -1.96. The number of hydrogen-bond acceptors (Lipinski definition) is 4. The molecule has 1 aromatic heterocycles. The molecular weight excluding hydrogens is 338 g/mol. The summed E-state index contributed by atoms with van der Waals surface area (Å²) < 4.78 is 25.5. The number of carbonyl (C=O) groups is 1. The van der Waals surface area contributed by atoms with E-state index in [9.17, 15) is 13.2 Å². The fourth-order valence-corrected chi connectivity index (χ4v) is 3.16. The highest BCUT2D eigenvalue weighted by Crippen LogP contribution is 2.25. The summed E-state index contributed by atoms with van der Waals surface area (Å²) in [5.74, 6) is -0.0826. The lowest BCUT2D eigenvalue weighted by Gasteiger charge is -2.13. The summed E-state index contributed by atoms with van der Waals surface area (Å²) in [5, 5.41) is 2.67. The van der Waals surface area contributed by atoms with Crippen molar-refractivity contribution < 1.29 is 13.2 Å². The molecule has 1 N–H and O–H groups in total. The van der Waals surface area contributed by atoms with Crippen molar-refractivity contribution in [3.63, 3.8) is 0 Å². The van der Waals surface area contributed by atoms with E-state index in [0.717, 1.165) is 9.87 Å². The highest BCUT2D eigenvalue weighted by Gasteiger charge is 2.22. The molecule has 122 valence electrons. The lowest BCUT2D eigenvalue weighted by atomic mass is 10.2. The number of carbonyl (C=O) groups excluding carboxylic acids is 1. The van der Waals surface area contributed by atoms with Gasteiger partial charge in [-0.3, -0.25) is 4.79 Å². The van der Waals surface area contributed by atoms with E-state index in [2.05, 4.69) is 10.3 Å². The molecule has 23 heavy (non-hydrogen) atoms. The predicted octanol–water partition coefficient (Wildman–Crippen LogP) is 2.55. The first kappa shape index (κ1) is 17.4. The first-order valence-corrected chi connectivity index (χ1v) is 8.49. The fourth-order valence-electron chi connectivity index (χ4n) is 1.77. The number of anilines is 1. The Kier molecular flexibility index (Phi) is 5.03. The summed E-state index contributed by atoms with van der Waals surface area (Å²) in [6.45, 7) is 1.89. The third kappa shape index (κ3) is 3.87. The van der Waals surface area contributed by atoms with Crippen molar-refractivity contribution in [3.05, 3.63) is 52.7 Å². The van der Waals surface area contributed by atoms with E-state index < -0.39 is 15.9 Å². The van der Waals surface area contributed by atoms with E-state index in [-0.39, 0.29) is 15.5 Å². The topological polar surface area (TPSA) is 79.4 Å². The second-order valence-corrected chi connectivity index (χ2v) is 7.63. The molecule has 0 fully saturated rings. The van der Waals surface area contributed by atoms with E-state index in [4.69, 9.17) is 11.6 Å². The molecule has 1 heterocycles. The molecule has 2 aromatic rings. The molecule has 0 aliphatic rings. The van der Waals surface area contributed by atoms with E-state index in [1.54, 1.807) is 12.3 Å². The van der Waals surface area contributed by atoms with Crippen LogP contribution in [0.3, 0.4) is 0 Å². The van der Waals surface area contributed by atoms with E-state index in [1.807, 2.05) is 13.0 Å². The van der Waals surface area contributed by atoms with E-state index in [1.165, 1.54) is 32.3 Å². The Morgan fingerprint density at radius 2 is 1.91 bits per heavy atom. The Balaban J connectivity index is 2.33. The van der Waals surface area contributed by atoms with Crippen LogP contribution in [0.1, 0.15) is 15.9 Å². The normalized spacial score (nSPS) is 11.5. The molecule has 0 saturated heterocycles. The van der Waals surface area contributed by atoms with Gasteiger partial charge in [0, 0.05) is 25.9 Å². The first-order valence-electron chi connectivity index (χ1n) is 6.68. The summed E-state index contributed by atoms with van der Waals surface area (Å²) in [5.41, 5.74) is 1.14. The zero-order chi connectivity index (χ0) is 17.2. The van der Waals surface area contributed by atoms with Gasteiger partial charge in [0.25, 0.3) is 5.91 Å². The maximum atomic E-state index is 12.3. The second-order valence-electron chi connectivity index (χ2n) is 5.11. The van der Waals surface area contributed by atoms with Crippen molar-refractivity contribution in [2.24, 2.45) is 0 Å². The number of benzene rings is 1. The summed E-state index contributed by atoms with van der Waals surface area (Å²) in [7, 11) is -0.941. The third-order valence-corrected chi connectivity index (χ3v) is 5.40. The van der Waals surface area contributed by atoms with Crippen LogP contribution in [0.25, 0.3) is 0 Å². The average molecular weight is 354 g/mol. The molecule has 0 saturated carbocycles. The van der Waals surface area contributed by atoms with Crippen molar-refractivity contribution in [3.8, 4) is 0 Å². The molecule has 1 aromatic carbocycles. The predicted molar refractivity (Wildman–Crippen MR) is 89.3 cm³/mol. The van der Waals surface area contributed by atoms with Gasteiger partial charge in [0.1, 0.15) is 10.7 Å². The number of nitrogens with one attached hydrogen (secondary N) is 1. The van der Waals surface area contributed by atoms with Crippen LogP contribution in [0, 0.1) is 6.92 Å². The van der Waals surface area contributed by atoms with Gasteiger partial charge in [-0.2, -0.15) is 0 Å². The highest BCUT2D eigenvalue weighted by molar-refractivity contribution is 7.89. The highest BCUT2D eigenvalue weighted by atomic mass is 35.5. The van der Waals surface area contributed by atoms with Crippen molar-refractivity contribution in [1.29, 1.82) is 0 Å². The largest absolute Gasteiger partial charge is 0.307 e.